The normalized spacial score (nSPS) is 11.6. The van der Waals surface area contributed by atoms with Crippen LogP contribution in [0.15, 0.2) is 29.1 Å². The number of nitrogens with zero attached hydrogens (tertiary/aromatic N) is 1. The number of hydrogen-bond donors (Lipinski definition) is 2. The van der Waals surface area contributed by atoms with E-state index in [9.17, 15) is 4.79 Å². The van der Waals surface area contributed by atoms with Gasteiger partial charge in [0.15, 0.2) is 0 Å². The van der Waals surface area contributed by atoms with Gasteiger partial charge in [-0.05, 0) is 43.5 Å². The summed E-state index contributed by atoms with van der Waals surface area (Å²) in [5.74, 6) is 0. The van der Waals surface area contributed by atoms with Crippen molar-refractivity contribution in [1.29, 1.82) is 0 Å². The molecule has 0 unspecified atom stereocenters. The predicted molar refractivity (Wildman–Crippen MR) is 85.9 cm³/mol. The lowest BCUT2D eigenvalue weighted by Gasteiger charge is -2.09. The molecule has 0 aliphatic carbocycles. The van der Waals surface area contributed by atoms with Crippen LogP contribution in [0.25, 0.3) is 21.8 Å². The molecule has 0 aliphatic heterocycles. The number of pyridine rings is 1. The zero-order valence-electron chi connectivity index (χ0n) is 12.4. The minimum absolute atomic E-state index is 0.0741. The van der Waals surface area contributed by atoms with E-state index in [2.05, 4.69) is 29.5 Å². The third-order valence-electron chi connectivity index (χ3n) is 4.18. The Hall–Kier alpha value is -2.07. The highest BCUT2D eigenvalue weighted by Gasteiger charge is 2.15. The lowest BCUT2D eigenvalue weighted by Crippen LogP contribution is -2.04. The van der Waals surface area contributed by atoms with Crippen molar-refractivity contribution >= 4 is 21.8 Å². The number of hydrogen-bond acceptors (Lipinski definition) is 2. The van der Waals surface area contributed by atoms with E-state index in [0.717, 1.165) is 30.3 Å². The molecule has 0 fully saturated rings. The fourth-order valence-electron chi connectivity index (χ4n) is 3.27. The van der Waals surface area contributed by atoms with Crippen molar-refractivity contribution in [1.82, 2.24) is 9.55 Å². The number of aromatic nitrogens is 2. The van der Waals surface area contributed by atoms with E-state index >= 15 is 0 Å². The summed E-state index contributed by atoms with van der Waals surface area (Å²) in [5.41, 5.74) is 4.55. The van der Waals surface area contributed by atoms with Crippen molar-refractivity contribution < 1.29 is 5.11 Å². The van der Waals surface area contributed by atoms with E-state index in [-0.39, 0.29) is 12.2 Å². The van der Waals surface area contributed by atoms with E-state index in [1.165, 1.54) is 22.2 Å². The highest BCUT2D eigenvalue weighted by atomic mass is 16.3. The summed E-state index contributed by atoms with van der Waals surface area (Å²) in [5, 5.41) is 11.4. The first-order valence-electron chi connectivity index (χ1n) is 7.42. The summed E-state index contributed by atoms with van der Waals surface area (Å²) in [6.07, 6.45) is 1.71. The molecule has 0 saturated heterocycles. The SMILES string of the molecule is CCc1c(C)c2c3ccc(=O)[nH]c3ccc2n1CCCO. The molecule has 0 spiro atoms. The molecule has 2 aromatic heterocycles. The Bertz CT molecular complexity index is 858. The lowest BCUT2D eigenvalue weighted by molar-refractivity contribution is 0.280. The van der Waals surface area contributed by atoms with Crippen LogP contribution in [0.4, 0.5) is 0 Å². The highest BCUT2D eigenvalue weighted by molar-refractivity contribution is 6.07. The minimum Gasteiger partial charge on any atom is -0.396 e. The molecule has 21 heavy (non-hydrogen) atoms. The summed E-state index contributed by atoms with van der Waals surface area (Å²) < 4.78 is 2.30. The van der Waals surface area contributed by atoms with Gasteiger partial charge in [0.25, 0.3) is 0 Å². The van der Waals surface area contributed by atoms with Crippen molar-refractivity contribution in [3.63, 3.8) is 0 Å². The summed E-state index contributed by atoms with van der Waals surface area (Å²) in [6.45, 7) is 5.31. The van der Waals surface area contributed by atoms with Crippen LogP contribution in [0, 0.1) is 6.92 Å². The number of aryl methyl sites for hydroxylation is 2. The quantitative estimate of drug-likeness (QED) is 0.774. The molecule has 0 bridgehead atoms. The van der Waals surface area contributed by atoms with Crippen molar-refractivity contribution in [2.45, 2.75) is 33.2 Å². The van der Waals surface area contributed by atoms with Crippen molar-refractivity contribution in [3.05, 3.63) is 45.9 Å². The van der Waals surface area contributed by atoms with Crippen LogP contribution in [0.3, 0.4) is 0 Å². The van der Waals surface area contributed by atoms with Crippen LogP contribution in [0.2, 0.25) is 0 Å². The second kappa shape index (κ2) is 5.37. The molecular weight excluding hydrogens is 264 g/mol. The molecule has 3 aromatic rings. The topological polar surface area (TPSA) is 58.0 Å². The van der Waals surface area contributed by atoms with Gasteiger partial charge in [0.2, 0.25) is 5.56 Å². The number of rotatable bonds is 4. The smallest absolute Gasteiger partial charge is 0.248 e. The maximum Gasteiger partial charge on any atom is 0.248 e. The molecule has 0 amide bonds. The number of aliphatic hydroxyl groups is 1. The second-order valence-corrected chi connectivity index (χ2v) is 5.40. The zero-order valence-corrected chi connectivity index (χ0v) is 12.4. The third kappa shape index (κ3) is 2.16. The molecule has 1 aromatic carbocycles. The molecule has 2 heterocycles. The summed E-state index contributed by atoms with van der Waals surface area (Å²) in [6, 6.07) is 7.52. The molecule has 4 heteroatoms. The fraction of sp³-hybridized carbons (Fsp3) is 0.353. The number of aromatic amines is 1. The second-order valence-electron chi connectivity index (χ2n) is 5.40. The van der Waals surface area contributed by atoms with E-state index in [1.54, 1.807) is 6.07 Å². The van der Waals surface area contributed by atoms with Gasteiger partial charge in [-0.3, -0.25) is 4.79 Å². The fourth-order valence-corrected chi connectivity index (χ4v) is 3.27. The molecule has 0 radical (unpaired) electrons. The molecule has 3 rings (SSSR count). The summed E-state index contributed by atoms with van der Waals surface area (Å²) >= 11 is 0. The Morgan fingerprint density at radius 1 is 1.24 bits per heavy atom. The van der Waals surface area contributed by atoms with Crippen LogP contribution in [0.5, 0.6) is 0 Å². The van der Waals surface area contributed by atoms with Crippen molar-refractivity contribution in [2.75, 3.05) is 6.61 Å². The monoisotopic (exact) mass is 284 g/mol. The van der Waals surface area contributed by atoms with Crippen LogP contribution in [-0.4, -0.2) is 21.3 Å². The number of fused-ring (bicyclic) bond motifs is 3. The Kier molecular flexibility index (Phi) is 3.55. The molecule has 4 nitrogen and oxygen atoms in total. The highest BCUT2D eigenvalue weighted by Crippen LogP contribution is 2.31. The molecule has 0 atom stereocenters. The van der Waals surface area contributed by atoms with Gasteiger partial charge in [-0.1, -0.05) is 6.92 Å². The zero-order chi connectivity index (χ0) is 15.0. The van der Waals surface area contributed by atoms with Gasteiger partial charge >= 0.3 is 0 Å². The first-order chi connectivity index (χ1) is 10.2. The van der Waals surface area contributed by atoms with E-state index < -0.39 is 0 Å². The van der Waals surface area contributed by atoms with Gasteiger partial charge < -0.3 is 14.7 Å². The maximum atomic E-state index is 11.5. The van der Waals surface area contributed by atoms with Crippen molar-refractivity contribution in [3.8, 4) is 0 Å². The van der Waals surface area contributed by atoms with Crippen LogP contribution >= 0.6 is 0 Å². The van der Waals surface area contributed by atoms with E-state index in [1.807, 2.05) is 12.1 Å². The minimum atomic E-state index is -0.0741. The summed E-state index contributed by atoms with van der Waals surface area (Å²) in [7, 11) is 0. The number of nitrogens with one attached hydrogen (secondary N) is 1. The summed E-state index contributed by atoms with van der Waals surface area (Å²) in [4.78, 5) is 14.4. The van der Waals surface area contributed by atoms with Gasteiger partial charge in [0.05, 0.1) is 0 Å². The number of aliphatic hydroxyl groups excluding tert-OH is 1. The maximum absolute atomic E-state index is 11.5. The average Bonchev–Trinajstić information content (AvgIpc) is 2.76. The average molecular weight is 284 g/mol. The van der Waals surface area contributed by atoms with Gasteiger partial charge in [-0.15, -0.1) is 0 Å². The van der Waals surface area contributed by atoms with Crippen molar-refractivity contribution in [2.24, 2.45) is 0 Å². The van der Waals surface area contributed by atoms with Gasteiger partial charge in [0, 0.05) is 46.7 Å². The first-order valence-corrected chi connectivity index (χ1v) is 7.42. The Labute approximate surface area is 123 Å². The molecule has 110 valence electrons. The predicted octanol–water partition coefficient (Wildman–Crippen LogP) is 2.74. The number of benzene rings is 1. The van der Waals surface area contributed by atoms with E-state index in [4.69, 9.17) is 5.11 Å². The van der Waals surface area contributed by atoms with Crippen LogP contribution in [-0.2, 0) is 13.0 Å². The van der Waals surface area contributed by atoms with Gasteiger partial charge in [0.1, 0.15) is 0 Å². The molecule has 0 aliphatic rings. The van der Waals surface area contributed by atoms with E-state index in [0.29, 0.717) is 0 Å². The Balaban J connectivity index is 2.38. The van der Waals surface area contributed by atoms with Gasteiger partial charge in [-0.25, -0.2) is 0 Å². The van der Waals surface area contributed by atoms with Crippen LogP contribution < -0.4 is 5.56 Å². The Morgan fingerprint density at radius 3 is 2.76 bits per heavy atom. The lowest BCUT2D eigenvalue weighted by atomic mass is 10.1. The molecular formula is C17H20N2O2. The molecule has 2 N–H and O–H groups in total. The number of H-pyrrole nitrogens is 1. The van der Waals surface area contributed by atoms with Crippen LogP contribution in [0.1, 0.15) is 24.6 Å². The molecule has 0 saturated carbocycles. The third-order valence-corrected chi connectivity index (χ3v) is 4.18. The Morgan fingerprint density at radius 2 is 2.05 bits per heavy atom. The largest absolute Gasteiger partial charge is 0.396 e. The first kappa shape index (κ1) is 13.9. The standard InChI is InChI=1S/C17H20N2O2/c1-3-14-11(2)17-12-5-8-16(21)18-13(12)6-7-15(17)19(14)9-4-10-20/h5-8,20H,3-4,9-10H2,1-2H3,(H,18,21). The van der Waals surface area contributed by atoms with Gasteiger partial charge in [-0.2, -0.15) is 0 Å².